The molecule has 182 valence electrons. The molecule has 2 saturated heterocycles. The molecule has 2 aromatic carbocycles. The SMILES string of the molecule is CNc1nn(C)c2cc(NC3CCN(C(C)c4cccc(S(=O)N5CCCCC5)c4)C3)ccc12. The molecule has 8 heteroatoms. The van der Waals surface area contributed by atoms with Crippen LogP contribution in [0.3, 0.4) is 0 Å². The normalized spacial score (nSPS) is 21.6. The molecule has 2 aliphatic rings. The van der Waals surface area contributed by atoms with Crippen LogP contribution < -0.4 is 10.6 Å². The van der Waals surface area contributed by atoms with Crippen LogP contribution in [0.25, 0.3) is 10.9 Å². The maximum atomic E-state index is 13.1. The van der Waals surface area contributed by atoms with E-state index in [1.165, 1.54) is 12.0 Å². The number of anilines is 2. The number of nitrogens with one attached hydrogen (secondary N) is 2. The van der Waals surface area contributed by atoms with Gasteiger partial charge < -0.3 is 10.6 Å². The minimum absolute atomic E-state index is 0.294. The Bertz CT molecular complexity index is 1170. The number of rotatable bonds is 7. The number of benzene rings is 2. The third-order valence-corrected chi connectivity index (χ3v) is 8.81. The average molecular weight is 481 g/mol. The lowest BCUT2D eigenvalue weighted by molar-refractivity contribution is 0.261. The lowest BCUT2D eigenvalue weighted by atomic mass is 10.1. The number of piperidine rings is 1. The predicted octanol–water partition coefficient (Wildman–Crippen LogP) is 4.37. The van der Waals surface area contributed by atoms with Gasteiger partial charge in [-0.15, -0.1) is 0 Å². The second-order valence-electron chi connectivity index (χ2n) is 9.57. The van der Waals surface area contributed by atoms with E-state index in [0.29, 0.717) is 12.1 Å². The standard InChI is InChI=1S/C26H36N6OS/c1-19(20-8-7-9-23(16-20)34(33)32-13-5-4-6-14-32)31-15-12-22(18-31)28-21-10-11-24-25(17-21)30(3)29-26(24)27-2/h7-11,16-17,19,22,28H,4-6,12-15,18H2,1-3H3,(H,27,29). The van der Waals surface area contributed by atoms with Gasteiger partial charge >= 0.3 is 0 Å². The van der Waals surface area contributed by atoms with Crippen molar-refractivity contribution >= 4 is 33.4 Å². The Balaban J connectivity index is 1.24. The maximum Gasteiger partial charge on any atom is 0.155 e. The Morgan fingerprint density at radius 2 is 1.91 bits per heavy atom. The molecule has 34 heavy (non-hydrogen) atoms. The van der Waals surface area contributed by atoms with E-state index in [9.17, 15) is 4.21 Å². The van der Waals surface area contributed by atoms with Crippen LogP contribution in [0.5, 0.6) is 0 Å². The smallest absolute Gasteiger partial charge is 0.155 e. The second-order valence-corrected chi connectivity index (χ2v) is 11.1. The van der Waals surface area contributed by atoms with Crippen LogP contribution in [0.2, 0.25) is 0 Å². The van der Waals surface area contributed by atoms with Gasteiger partial charge in [-0.3, -0.25) is 9.58 Å². The van der Waals surface area contributed by atoms with Gasteiger partial charge in [0.25, 0.3) is 0 Å². The monoisotopic (exact) mass is 480 g/mol. The van der Waals surface area contributed by atoms with Gasteiger partial charge in [0, 0.05) is 63.4 Å². The molecule has 5 rings (SSSR count). The van der Waals surface area contributed by atoms with Crippen molar-refractivity contribution in [2.24, 2.45) is 7.05 Å². The van der Waals surface area contributed by atoms with Gasteiger partial charge in [0.05, 0.1) is 10.4 Å². The van der Waals surface area contributed by atoms with Crippen molar-refractivity contribution < 1.29 is 4.21 Å². The Kier molecular flexibility index (Phi) is 6.90. The van der Waals surface area contributed by atoms with Gasteiger partial charge in [-0.25, -0.2) is 8.51 Å². The van der Waals surface area contributed by atoms with Gasteiger partial charge in [0.2, 0.25) is 0 Å². The summed E-state index contributed by atoms with van der Waals surface area (Å²) in [5.74, 6) is 0.911. The van der Waals surface area contributed by atoms with Gasteiger partial charge in [0.1, 0.15) is 11.0 Å². The zero-order chi connectivity index (χ0) is 23.7. The maximum absolute atomic E-state index is 13.1. The molecule has 0 saturated carbocycles. The molecule has 3 aromatic rings. The Labute approximate surface area is 205 Å². The first-order valence-electron chi connectivity index (χ1n) is 12.5. The molecule has 7 nitrogen and oxygen atoms in total. The summed E-state index contributed by atoms with van der Waals surface area (Å²) in [5.41, 5.74) is 3.51. The topological polar surface area (TPSA) is 65.4 Å². The van der Waals surface area contributed by atoms with Crippen LogP contribution in [0.15, 0.2) is 47.4 Å². The van der Waals surface area contributed by atoms with E-state index in [-0.39, 0.29) is 0 Å². The van der Waals surface area contributed by atoms with Crippen molar-refractivity contribution in [2.75, 3.05) is 43.9 Å². The fraction of sp³-hybridized carbons (Fsp3) is 0.500. The molecule has 2 fully saturated rings. The number of hydrogen-bond donors (Lipinski definition) is 2. The van der Waals surface area contributed by atoms with Crippen molar-refractivity contribution in [1.29, 1.82) is 0 Å². The van der Waals surface area contributed by atoms with Crippen LogP contribution in [0, 0.1) is 0 Å². The van der Waals surface area contributed by atoms with Crippen molar-refractivity contribution in [3.63, 3.8) is 0 Å². The van der Waals surface area contributed by atoms with E-state index in [1.54, 1.807) is 0 Å². The number of fused-ring (bicyclic) bond motifs is 1. The van der Waals surface area contributed by atoms with E-state index in [0.717, 1.165) is 72.7 Å². The third kappa shape index (κ3) is 4.72. The summed E-state index contributed by atoms with van der Waals surface area (Å²) < 4.78 is 17.1. The third-order valence-electron chi connectivity index (χ3n) is 7.32. The Morgan fingerprint density at radius 3 is 2.71 bits per heavy atom. The van der Waals surface area contributed by atoms with E-state index >= 15 is 0 Å². The van der Waals surface area contributed by atoms with Crippen molar-refractivity contribution in [3.05, 3.63) is 48.0 Å². The number of likely N-dealkylation sites (tertiary alicyclic amines) is 1. The van der Waals surface area contributed by atoms with E-state index < -0.39 is 11.0 Å². The molecule has 2 N–H and O–H groups in total. The fourth-order valence-corrected chi connectivity index (χ4v) is 6.62. The largest absolute Gasteiger partial charge is 0.381 e. The summed E-state index contributed by atoms with van der Waals surface area (Å²) in [4.78, 5) is 3.47. The number of aryl methyl sites for hydroxylation is 1. The van der Waals surface area contributed by atoms with Gasteiger partial charge in [-0.1, -0.05) is 18.6 Å². The highest BCUT2D eigenvalue weighted by atomic mass is 32.2. The zero-order valence-electron chi connectivity index (χ0n) is 20.5. The summed E-state index contributed by atoms with van der Waals surface area (Å²) in [6.45, 7) is 6.19. The quantitative estimate of drug-likeness (QED) is 0.526. The lowest BCUT2D eigenvalue weighted by Gasteiger charge is -2.27. The molecule has 0 amide bonds. The van der Waals surface area contributed by atoms with Crippen molar-refractivity contribution in [2.45, 2.75) is 49.6 Å². The average Bonchev–Trinajstić information content (AvgIpc) is 3.47. The molecule has 0 aliphatic carbocycles. The highest BCUT2D eigenvalue weighted by Crippen LogP contribution is 2.30. The molecule has 0 radical (unpaired) electrons. The van der Waals surface area contributed by atoms with E-state index in [1.807, 2.05) is 24.8 Å². The van der Waals surface area contributed by atoms with Gasteiger partial charge in [0.15, 0.2) is 5.82 Å². The van der Waals surface area contributed by atoms with Gasteiger partial charge in [-0.2, -0.15) is 5.10 Å². The Hall–Kier alpha value is -2.42. The summed E-state index contributed by atoms with van der Waals surface area (Å²) in [5, 5.41) is 12.6. The molecule has 3 heterocycles. The molecule has 3 unspecified atom stereocenters. The van der Waals surface area contributed by atoms with E-state index in [4.69, 9.17) is 0 Å². The minimum Gasteiger partial charge on any atom is -0.381 e. The number of aromatic nitrogens is 2. The minimum atomic E-state index is -1.05. The first kappa shape index (κ1) is 23.3. The molecule has 0 spiro atoms. The zero-order valence-corrected chi connectivity index (χ0v) is 21.3. The fourth-order valence-electron chi connectivity index (χ4n) is 5.30. The lowest BCUT2D eigenvalue weighted by Crippen LogP contribution is -2.31. The summed E-state index contributed by atoms with van der Waals surface area (Å²) in [7, 11) is 2.84. The molecule has 0 bridgehead atoms. The van der Waals surface area contributed by atoms with Crippen LogP contribution >= 0.6 is 0 Å². The van der Waals surface area contributed by atoms with Crippen molar-refractivity contribution in [1.82, 2.24) is 19.0 Å². The van der Waals surface area contributed by atoms with Gasteiger partial charge in [-0.05, 0) is 62.1 Å². The molecular weight excluding hydrogens is 444 g/mol. The first-order chi connectivity index (χ1) is 16.5. The predicted molar refractivity (Wildman–Crippen MR) is 141 cm³/mol. The second kappa shape index (κ2) is 10.1. The highest BCUT2D eigenvalue weighted by Gasteiger charge is 2.27. The summed E-state index contributed by atoms with van der Waals surface area (Å²) in [6, 6.07) is 15.6. The molecule has 3 atom stereocenters. The van der Waals surface area contributed by atoms with E-state index in [2.05, 4.69) is 68.3 Å². The first-order valence-corrected chi connectivity index (χ1v) is 13.6. The summed E-state index contributed by atoms with van der Waals surface area (Å²) >= 11 is 0. The Morgan fingerprint density at radius 1 is 1.09 bits per heavy atom. The van der Waals surface area contributed by atoms with Crippen LogP contribution in [0.1, 0.15) is 44.2 Å². The van der Waals surface area contributed by atoms with Crippen molar-refractivity contribution in [3.8, 4) is 0 Å². The molecule has 2 aliphatic heterocycles. The molecule has 1 aromatic heterocycles. The number of nitrogens with zero attached hydrogens (tertiary/aromatic N) is 4. The van der Waals surface area contributed by atoms with Crippen LogP contribution in [-0.4, -0.2) is 62.5 Å². The highest BCUT2D eigenvalue weighted by molar-refractivity contribution is 7.82. The summed E-state index contributed by atoms with van der Waals surface area (Å²) in [6.07, 6.45) is 4.65. The number of hydrogen-bond acceptors (Lipinski definition) is 5. The van der Waals surface area contributed by atoms with Crippen LogP contribution in [0.4, 0.5) is 11.5 Å². The van der Waals surface area contributed by atoms with Crippen LogP contribution in [-0.2, 0) is 18.0 Å². The molecular formula is C26H36N6OS.